The molecule has 116 valence electrons. The molecule has 23 heavy (non-hydrogen) atoms. The minimum atomic E-state index is -1.33. The van der Waals surface area contributed by atoms with Gasteiger partial charge in [-0.05, 0) is 40.8 Å². The molecular weight excluding hydrogens is 314 g/mol. The van der Waals surface area contributed by atoms with Gasteiger partial charge in [0.1, 0.15) is 5.54 Å². The maximum Gasteiger partial charge on any atom is 0.405 e. The molecule has 1 atom stereocenters. The lowest BCUT2D eigenvalue weighted by molar-refractivity contribution is -0.112. The van der Waals surface area contributed by atoms with Crippen LogP contribution in [0.1, 0.15) is 11.1 Å². The Morgan fingerprint density at radius 2 is 2.00 bits per heavy atom. The number of carbonyl (C=O) groups excluding carboxylic acids is 1. The lowest BCUT2D eigenvalue weighted by Crippen LogP contribution is -2.46. The Morgan fingerprint density at radius 1 is 1.22 bits per heavy atom. The first-order chi connectivity index (χ1) is 11.0. The number of carboxylic acid groups (broad SMARTS) is 1. The maximum absolute atomic E-state index is 11.6. The zero-order chi connectivity index (χ0) is 16.4. The van der Waals surface area contributed by atoms with Crippen molar-refractivity contribution in [1.29, 1.82) is 0 Å². The van der Waals surface area contributed by atoms with Crippen LogP contribution in [0.5, 0.6) is 0 Å². The first kappa shape index (κ1) is 15.3. The van der Waals surface area contributed by atoms with Gasteiger partial charge in [-0.3, -0.25) is 4.79 Å². The van der Waals surface area contributed by atoms with E-state index in [1.54, 1.807) is 24.3 Å². The number of halogens is 1. The molecule has 2 aromatic carbocycles. The summed E-state index contributed by atoms with van der Waals surface area (Å²) in [5.41, 5.74) is 2.18. The zero-order valence-corrected chi connectivity index (χ0v) is 12.9. The van der Waals surface area contributed by atoms with E-state index < -0.39 is 11.6 Å². The second kappa shape index (κ2) is 5.89. The number of aldehydes is 1. The topological polar surface area (TPSA) is 66.4 Å². The average molecular weight is 328 g/mol. The molecule has 2 aromatic rings. The third kappa shape index (κ3) is 2.85. The van der Waals surface area contributed by atoms with Crippen molar-refractivity contribution in [2.75, 3.05) is 0 Å². The molecule has 4 nitrogen and oxygen atoms in total. The monoisotopic (exact) mass is 327 g/mol. The van der Waals surface area contributed by atoms with Crippen molar-refractivity contribution in [3.05, 3.63) is 70.8 Å². The number of nitrogens with one attached hydrogen (secondary N) is 1. The lowest BCUT2D eigenvalue weighted by Gasteiger charge is -2.30. The molecule has 0 heterocycles. The van der Waals surface area contributed by atoms with Crippen LogP contribution in [-0.2, 0) is 16.8 Å². The van der Waals surface area contributed by atoms with Gasteiger partial charge in [-0.15, -0.1) is 0 Å². The predicted octanol–water partition coefficient (Wildman–Crippen LogP) is 3.78. The Labute approximate surface area is 138 Å². The summed E-state index contributed by atoms with van der Waals surface area (Å²) in [6.07, 6.45) is 3.41. The summed E-state index contributed by atoms with van der Waals surface area (Å²) >= 11 is 6.03. The molecule has 0 saturated heterocycles. The van der Waals surface area contributed by atoms with Crippen molar-refractivity contribution >= 4 is 24.0 Å². The summed E-state index contributed by atoms with van der Waals surface area (Å²) in [6, 6.07) is 13.1. The third-order valence-corrected chi connectivity index (χ3v) is 4.16. The van der Waals surface area contributed by atoms with Crippen molar-refractivity contribution in [2.45, 2.75) is 12.0 Å². The van der Waals surface area contributed by atoms with Crippen LogP contribution in [0.15, 0.2) is 54.6 Å². The van der Waals surface area contributed by atoms with Crippen molar-refractivity contribution in [2.24, 2.45) is 0 Å². The van der Waals surface area contributed by atoms with Crippen LogP contribution in [0.2, 0.25) is 5.02 Å². The summed E-state index contributed by atoms with van der Waals surface area (Å²) in [4.78, 5) is 22.6. The van der Waals surface area contributed by atoms with E-state index in [0.29, 0.717) is 23.3 Å². The van der Waals surface area contributed by atoms with Gasteiger partial charge >= 0.3 is 6.09 Å². The highest BCUT2D eigenvalue weighted by Crippen LogP contribution is 2.33. The van der Waals surface area contributed by atoms with Crippen LogP contribution >= 0.6 is 11.6 Å². The first-order valence-corrected chi connectivity index (χ1v) is 7.46. The minimum absolute atomic E-state index is 0.620. The smallest absolute Gasteiger partial charge is 0.405 e. The zero-order valence-electron chi connectivity index (χ0n) is 12.1. The number of carbonyl (C=O) groups is 2. The van der Waals surface area contributed by atoms with Gasteiger partial charge in [0.2, 0.25) is 0 Å². The minimum Gasteiger partial charge on any atom is -0.465 e. The van der Waals surface area contributed by atoms with Gasteiger partial charge in [-0.1, -0.05) is 54.1 Å². The number of hydrogen-bond acceptors (Lipinski definition) is 2. The second-order valence-corrected chi connectivity index (χ2v) is 5.84. The Balaban J connectivity index is 2.08. The Bertz CT molecular complexity index is 816. The lowest BCUT2D eigenvalue weighted by atomic mass is 9.81. The molecule has 0 radical (unpaired) electrons. The molecule has 0 bridgehead atoms. The van der Waals surface area contributed by atoms with E-state index in [9.17, 15) is 9.59 Å². The van der Waals surface area contributed by atoms with E-state index in [1.165, 1.54) is 0 Å². The average Bonchev–Trinajstić information content (AvgIpc) is 2.54. The van der Waals surface area contributed by atoms with Gasteiger partial charge in [-0.2, -0.15) is 0 Å². The van der Waals surface area contributed by atoms with Crippen LogP contribution in [-0.4, -0.2) is 17.5 Å². The quantitative estimate of drug-likeness (QED) is 0.666. The maximum atomic E-state index is 11.6. The highest BCUT2D eigenvalue weighted by Gasteiger charge is 2.35. The summed E-state index contributed by atoms with van der Waals surface area (Å²) in [7, 11) is 0. The fraction of sp³-hybridized carbons (Fsp3) is 0.111. The fourth-order valence-electron chi connectivity index (χ4n) is 2.89. The highest BCUT2D eigenvalue weighted by atomic mass is 35.5. The molecule has 0 aromatic heterocycles. The number of rotatable bonds is 3. The largest absolute Gasteiger partial charge is 0.465 e. The number of allylic oxidation sites excluding steroid dienone is 1. The van der Waals surface area contributed by atoms with Crippen LogP contribution < -0.4 is 5.32 Å². The number of hydrogen-bond donors (Lipinski definition) is 2. The summed E-state index contributed by atoms with van der Waals surface area (Å²) in [6.45, 7) is 0. The molecule has 0 spiro atoms. The molecular formula is C18H14ClNO3. The summed E-state index contributed by atoms with van der Waals surface area (Å²) in [5.74, 6) is 0. The Hall–Kier alpha value is -2.59. The first-order valence-electron chi connectivity index (χ1n) is 7.08. The number of amides is 1. The predicted molar refractivity (Wildman–Crippen MR) is 88.6 cm³/mol. The van der Waals surface area contributed by atoms with Gasteiger partial charge in [0.05, 0.1) is 0 Å². The van der Waals surface area contributed by atoms with E-state index in [1.807, 2.05) is 30.3 Å². The van der Waals surface area contributed by atoms with E-state index in [2.05, 4.69) is 5.32 Å². The molecule has 0 fully saturated rings. The Morgan fingerprint density at radius 3 is 2.70 bits per heavy atom. The molecule has 1 aliphatic rings. The van der Waals surface area contributed by atoms with E-state index in [4.69, 9.17) is 16.7 Å². The molecule has 3 rings (SSSR count). The number of fused-ring (bicyclic) bond motifs is 1. The molecule has 0 aliphatic heterocycles. The van der Waals surface area contributed by atoms with Gasteiger partial charge in [0.15, 0.2) is 6.29 Å². The SMILES string of the molecule is O=C[C@]1(NC(=O)O)C=CCc2cc(-c3cccc(Cl)c3)ccc21. The molecule has 1 amide bonds. The second-order valence-electron chi connectivity index (χ2n) is 5.41. The third-order valence-electron chi connectivity index (χ3n) is 3.93. The van der Waals surface area contributed by atoms with Crippen molar-refractivity contribution in [1.82, 2.24) is 5.32 Å². The van der Waals surface area contributed by atoms with Crippen LogP contribution in [0.4, 0.5) is 4.79 Å². The highest BCUT2D eigenvalue weighted by molar-refractivity contribution is 6.30. The van der Waals surface area contributed by atoms with Gasteiger partial charge in [-0.25, -0.2) is 4.79 Å². The van der Waals surface area contributed by atoms with E-state index in [0.717, 1.165) is 16.7 Å². The van der Waals surface area contributed by atoms with Gasteiger partial charge < -0.3 is 10.4 Å². The summed E-state index contributed by atoms with van der Waals surface area (Å²) in [5, 5.41) is 12.0. The van der Waals surface area contributed by atoms with Crippen molar-refractivity contribution in [3.63, 3.8) is 0 Å². The molecule has 2 N–H and O–H groups in total. The van der Waals surface area contributed by atoms with Gasteiger partial charge in [0.25, 0.3) is 0 Å². The van der Waals surface area contributed by atoms with Crippen molar-refractivity contribution in [3.8, 4) is 11.1 Å². The Kier molecular flexibility index (Phi) is 3.92. The molecule has 0 saturated carbocycles. The fourth-order valence-corrected chi connectivity index (χ4v) is 3.08. The normalized spacial score (nSPS) is 19.0. The molecule has 5 heteroatoms. The molecule has 0 unspecified atom stereocenters. The van der Waals surface area contributed by atoms with Crippen molar-refractivity contribution < 1.29 is 14.7 Å². The van der Waals surface area contributed by atoms with Crippen LogP contribution in [0.25, 0.3) is 11.1 Å². The van der Waals surface area contributed by atoms with Gasteiger partial charge in [0, 0.05) is 5.02 Å². The van der Waals surface area contributed by atoms with Crippen LogP contribution in [0, 0.1) is 0 Å². The standard InChI is InChI=1S/C18H14ClNO3/c19-15-5-1-3-12(10-15)13-6-7-16-14(9-13)4-2-8-18(16,11-21)20-17(22)23/h1-3,5-11,20H,4H2,(H,22,23)/t18-/m1/s1. The number of benzene rings is 2. The van der Waals surface area contributed by atoms with Crippen LogP contribution in [0.3, 0.4) is 0 Å². The molecule has 1 aliphatic carbocycles. The van der Waals surface area contributed by atoms with E-state index in [-0.39, 0.29) is 0 Å². The van der Waals surface area contributed by atoms with E-state index >= 15 is 0 Å². The summed E-state index contributed by atoms with van der Waals surface area (Å²) < 4.78 is 0.